The lowest BCUT2D eigenvalue weighted by atomic mass is 9.51. The third-order valence-corrected chi connectivity index (χ3v) is 6.81. The standard InChI is InChI=1S/2C10H20O2.C8H16O2/c2*1-2-3-4-5-6-7-8-9-10(11)12;1-7(2)5(9)8(3,4)6(7)10/h2*2-9H2,1H3,(H,11,12);5-6,9-10H,1-4H3. The monoisotopic (exact) mass is 488 g/mol. The first-order chi connectivity index (χ1) is 15.8. The van der Waals surface area contributed by atoms with Crippen molar-refractivity contribution in [1.82, 2.24) is 0 Å². The Morgan fingerprint density at radius 1 is 0.529 bits per heavy atom. The van der Waals surface area contributed by atoms with Crippen molar-refractivity contribution in [3.63, 3.8) is 0 Å². The Morgan fingerprint density at radius 3 is 0.971 bits per heavy atom. The van der Waals surface area contributed by atoms with E-state index in [9.17, 15) is 19.8 Å². The average molecular weight is 489 g/mol. The smallest absolute Gasteiger partial charge is 0.303 e. The fourth-order valence-electron chi connectivity index (χ4n) is 4.59. The minimum Gasteiger partial charge on any atom is -0.481 e. The summed E-state index contributed by atoms with van der Waals surface area (Å²) in [5.41, 5.74) is -0.632. The molecule has 0 aromatic heterocycles. The van der Waals surface area contributed by atoms with Crippen LogP contribution in [0, 0.1) is 10.8 Å². The Balaban J connectivity index is 0. The molecule has 34 heavy (non-hydrogen) atoms. The van der Waals surface area contributed by atoms with Crippen molar-refractivity contribution < 1.29 is 30.0 Å². The molecular formula is C28H56O6. The van der Waals surface area contributed by atoms with Crippen LogP contribution in [-0.2, 0) is 9.59 Å². The molecule has 0 spiro atoms. The zero-order chi connectivity index (χ0) is 26.6. The molecule has 0 bridgehead atoms. The molecule has 1 saturated carbocycles. The first kappa shape index (κ1) is 35.0. The van der Waals surface area contributed by atoms with E-state index in [1.54, 1.807) is 0 Å². The summed E-state index contributed by atoms with van der Waals surface area (Å²) in [5.74, 6) is -1.33. The van der Waals surface area contributed by atoms with Crippen LogP contribution in [-0.4, -0.2) is 44.6 Å². The first-order valence-corrected chi connectivity index (χ1v) is 13.6. The zero-order valence-corrected chi connectivity index (χ0v) is 23.1. The lowest BCUT2D eigenvalue weighted by molar-refractivity contribution is -0.247. The van der Waals surface area contributed by atoms with Gasteiger partial charge in [-0.3, -0.25) is 9.59 Å². The molecule has 6 nitrogen and oxygen atoms in total. The number of aliphatic carboxylic acids is 2. The maximum atomic E-state index is 10.1. The van der Waals surface area contributed by atoms with Crippen molar-refractivity contribution >= 4 is 11.9 Å². The van der Waals surface area contributed by atoms with Gasteiger partial charge in [0.15, 0.2) is 0 Å². The van der Waals surface area contributed by atoms with Crippen LogP contribution in [0.2, 0.25) is 0 Å². The minimum absolute atomic E-state index is 0.316. The van der Waals surface area contributed by atoms with Crippen molar-refractivity contribution in [2.24, 2.45) is 10.8 Å². The quantitative estimate of drug-likeness (QED) is 0.171. The van der Waals surface area contributed by atoms with Crippen molar-refractivity contribution in [1.29, 1.82) is 0 Å². The SMILES string of the molecule is CC1(C)C(O)C(C)(C)C1O.CCCCCCCCCC(=O)O.CCCCCCCCCC(=O)O. The first-order valence-electron chi connectivity index (χ1n) is 13.6. The molecule has 0 heterocycles. The Kier molecular flexibility index (Phi) is 20.7. The maximum absolute atomic E-state index is 10.1. The number of carboxylic acid groups (broad SMARTS) is 2. The Labute approximate surface area is 209 Å². The summed E-state index contributed by atoms with van der Waals surface area (Å²) in [6, 6.07) is 0. The van der Waals surface area contributed by atoms with Gasteiger partial charge in [-0.15, -0.1) is 0 Å². The van der Waals surface area contributed by atoms with Crippen LogP contribution in [0.5, 0.6) is 0 Å². The molecular weight excluding hydrogens is 432 g/mol. The highest BCUT2D eigenvalue weighted by Crippen LogP contribution is 2.53. The molecule has 1 aliphatic carbocycles. The summed E-state index contributed by atoms with van der Waals surface area (Å²) < 4.78 is 0. The Hall–Kier alpha value is -1.14. The second-order valence-corrected chi connectivity index (χ2v) is 11.0. The number of unbranched alkanes of at least 4 members (excludes halogenated alkanes) is 12. The number of carboxylic acids is 2. The molecule has 0 unspecified atom stereocenters. The molecule has 1 aliphatic rings. The van der Waals surface area contributed by atoms with Gasteiger partial charge in [0.05, 0.1) is 12.2 Å². The number of aliphatic hydroxyl groups excluding tert-OH is 2. The largest absolute Gasteiger partial charge is 0.481 e. The highest BCUT2D eigenvalue weighted by molar-refractivity contribution is 5.66. The Bertz CT molecular complexity index is 457. The summed E-state index contributed by atoms with van der Waals surface area (Å²) in [6.45, 7) is 11.9. The van der Waals surface area contributed by atoms with Gasteiger partial charge in [0.1, 0.15) is 0 Å². The zero-order valence-electron chi connectivity index (χ0n) is 23.1. The molecule has 1 fully saturated rings. The molecule has 6 heteroatoms. The van der Waals surface area contributed by atoms with Crippen LogP contribution in [0.3, 0.4) is 0 Å². The molecule has 0 aromatic carbocycles. The summed E-state index contributed by atoms with van der Waals surface area (Å²) >= 11 is 0. The predicted octanol–water partition coefficient (Wildman–Crippen LogP) is 7.20. The number of rotatable bonds is 16. The molecule has 0 atom stereocenters. The van der Waals surface area contributed by atoms with Gasteiger partial charge < -0.3 is 20.4 Å². The third kappa shape index (κ3) is 16.5. The van der Waals surface area contributed by atoms with E-state index in [0.717, 1.165) is 25.7 Å². The van der Waals surface area contributed by atoms with E-state index < -0.39 is 11.9 Å². The van der Waals surface area contributed by atoms with Gasteiger partial charge in [0.25, 0.3) is 0 Å². The highest BCUT2D eigenvalue weighted by atomic mass is 16.4. The van der Waals surface area contributed by atoms with E-state index in [4.69, 9.17) is 10.2 Å². The fraction of sp³-hybridized carbons (Fsp3) is 0.929. The van der Waals surface area contributed by atoms with E-state index >= 15 is 0 Å². The molecule has 4 N–H and O–H groups in total. The van der Waals surface area contributed by atoms with E-state index in [1.165, 1.54) is 64.2 Å². The van der Waals surface area contributed by atoms with Gasteiger partial charge in [-0.2, -0.15) is 0 Å². The van der Waals surface area contributed by atoms with Gasteiger partial charge in [0.2, 0.25) is 0 Å². The van der Waals surface area contributed by atoms with Crippen LogP contribution in [0.25, 0.3) is 0 Å². The van der Waals surface area contributed by atoms with Crippen LogP contribution in [0.1, 0.15) is 144 Å². The number of carbonyl (C=O) groups is 2. The lowest BCUT2D eigenvalue weighted by Gasteiger charge is -2.59. The van der Waals surface area contributed by atoms with Gasteiger partial charge in [0, 0.05) is 23.7 Å². The number of aliphatic hydroxyl groups is 2. The van der Waals surface area contributed by atoms with E-state index in [2.05, 4.69) is 13.8 Å². The minimum atomic E-state index is -0.663. The summed E-state index contributed by atoms with van der Waals surface area (Å²) in [6.07, 6.45) is 16.5. The fourth-order valence-corrected chi connectivity index (χ4v) is 4.59. The van der Waals surface area contributed by atoms with Crippen molar-refractivity contribution in [3.05, 3.63) is 0 Å². The third-order valence-electron chi connectivity index (χ3n) is 6.81. The van der Waals surface area contributed by atoms with Gasteiger partial charge in [-0.05, 0) is 12.8 Å². The van der Waals surface area contributed by atoms with Crippen LogP contribution in [0.15, 0.2) is 0 Å². The van der Waals surface area contributed by atoms with Gasteiger partial charge >= 0.3 is 11.9 Å². The second kappa shape index (κ2) is 20.1. The second-order valence-electron chi connectivity index (χ2n) is 11.0. The van der Waals surface area contributed by atoms with E-state index in [1.807, 2.05) is 27.7 Å². The molecule has 0 amide bonds. The average Bonchev–Trinajstić information content (AvgIpc) is 2.77. The molecule has 0 aromatic rings. The van der Waals surface area contributed by atoms with E-state index in [0.29, 0.717) is 12.8 Å². The molecule has 204 valence electrons. The van der Waals surface area contributed by atoms with Crippen LogP contribution < -0.4 is 0 Å². The summed E-state index contributed by atoms with van der Waals surface area (Å²) in [4.78, 5) is 20.3. The summed E-state index contributed by atoms with van der Waals surface area (Å²) in [5, 5.41) is 35.7. The molecule has 1 rings (SSSR count). The van der Waals surface area contributed by atoms with Gasteiger partial charge in [-0.25, -0.2) is 0 Å². The van der Waals surface area contributed by atoms with Crippen LogP contribution in [0.4, 0.5) is 0 Å². The van der Waals surface area contributed by atoms with E-state index in [-0.39, 0.29) is 23.0 Å². The Morgan fingerprint density at radius 2 is 0.765 bits per heavy atom. The lowest BCUT2D eigenvalue weighted by Crippen LogP contribution is -2.67. The summed E-state index contributed by atoms with van der Waals surface area (Å²) in [7, 11) is 0. The van der Waals surface area contributed by atoms with Crippen molar-refractivity contribution in [2.45, 2.75) is 156 Å². The highest BCUT2D eigenvalue weighted by Gasteiger charge is 2.60. The molecule has 0 radical (unpaired) electrons. The van der Waals surface area contributed by atoms with Gasteiger partial charge in [-0.1, -0.05) is 119 Å². The molecule has 0 aliphatic heterocycles. The van der Waals surface area contributed by atoms with Crippen molar-refractivity contribution in [2.75, 3.05) is 0 Å². The number of hydrogen-bond acceptors (Lipinski definition) is 4. The van der Waals surface area contributed by atoms with Crippen LogP contribution >= 0.6 is 0 Å². The van der Waals surface area contributed by atoms with Crippen molar-refractivity contribution in [3.8, 4) is 0 Å². The number of hydrogen-bond donors (Lipinski definition) is 4. The normalized spacial score (nSPS) is 19.6. The maximum Gasteiger partial charge on any atom is 0.303 e. The predicted molar refractivity (Wildman–Crippen MR) is 140 cm³/mol. The topological polar surface area (TPSA) is 115 Å². The molecule has 0 saturated heterocycles.